The summed E-state index contributed by atoms with van der Waals surface area (Å²) in [6, 6.07) is 3.53. The Bertz CT molecular complexity index is 768. The van der Waals surface area contributed by atoms with Gasteiger partial charge in [0.05, 0.1) is 17.2 Å². The SMILES string of the molecule is Cl.Cl.NCCCn1[nH]c2c(ccc3nncc32)c1C(=O)O. The molecule has 0 bridgehead atoms. The number of aromatic carboxylic acids is 1. The molecule has 0 saturated carbocycles. The lowest BCUT2D eigenvalue weighted by atomic mass is 10.1. The second-order valence-electron chi connectivity index (χ2n) is 4.32. The number of nitrogens with zero attached hydrogens (tertiary/aromatic N) is 3. The third-order valence-electron chi connectivity index (χ3n) is 3.14. The lowest BCUT2D eigenvalue weighted by molar-refractivity contribution is 0.0685. The van der Waals surface area contributed by atoms with E-state index in [1.807, 2.05) is 0 Å². The summed E-state index contributed by atoms with van der Waals surface area (Å²) in [6.45, 7) is 1.05. The van der Waals surface area contributed by atoms with E-state index in [-0.39, 0.29) is 30.5 Å². The highest BCUT2D eigenvalue weighted by Gasteiger charge is 2.18. The number of H-pyrrole nitrogens is 1. The Balaban J connectivity index is 0.00000110. The molecular weight excluding hydrogens is 317 g/mol. The molecule has 0 atom stereocenters. The average Bonchev–Trinajstić information content (AvgIpc) is 2.98. The fraction of sp³-hybridized carbons (Fsp3) is 0.250. The second-order valence-corrected chi connectivity index (χ2v) is 4.32. The number of carboxylic acid groups (broad SMARTS) is 1. The molecule has 4 N–H and O–H groups in total. The summed E-state index contributed by atoms with van der Waals surface area (Å²) in [7, 11) is 0. The molecule has 3 rings (SSSR count). The molecule has 0 amide bonds. The average molecular weight is 332 g/mol. The van der Waals surface area contributed by atoms with Gasteiger partial charge in [0.2, 0.25) is 0 Å². The van der Waals surface area contributed by atoms with Crippen molar-refractivity contribution >= 4 is 52.6 Å². The van der Waals surface area contributed by atoms with E-state index in [1.165, 1.54) is 0 Å². The van der Waals surface area contributed by atoms with Gasteiger partial charge in [0.15, 0.2) is 5.69 Å². The second kappa shape index (κ2) is 6.75. The summed E-state index contributed by atoms with van der Waals surface area (Å²) < 4.78 is 1.62. The van der Waals surface area contributed by atoms with E-state index in [4.69, 9.17) is 5.73 Å². The van der Waals surface area contributed by atoms with Crippen molar-refractivity contribution < 1.29 is 9.90 Å². The molecule has 1 aromatic carbocycles. The van der Waals surface area contributed by atoms with Gasteiger partial charge >= 0.3 is 5.97 Å². The van der Waals surface area contributed by atoms with Crippen molar-refractivity contribution in [3.05, 3.63) is 24.0 Å². The number of carboxylic acids is 1. The number of halogens is 2. The highest BCUT2D eigenvalue weighted by molar-refractivity contribution is 6.10. The first-order chi connectivity index (χ1) is 9.22. The summed E-state index contributed by atoms with van der Waals surface area (Å²) in [5.41, 5.74) is 7.21. The van der Waals surface area contributed by atoms with Gasteiger partial charge in [-0.15, -0.1) is 24.8 Å². The number of aromatic amines is 1. The molecule has 0 spiro atoms. The molecule has 114 valence electrons. The van der Waals surface area contributed by atoms with Crippen molar-refractivity contribution in [3.8, 4) is 0 Å². The number of aromatic nitrogens is 4. The van der Waals surface area contributed by atoms with Crippen LogP contribution in [0.15, 0.2) is 18.3 Å². The third-order valence-corrected chi connectivity index (χ3v) is 3.14. The molecule has 0 aliphatic rings. The topological polar surface area (TPSA) is 110 Å². The number of nitrogens with one attached hydrogen (secondary N) is 1. The molecule has 0 aliphatic heterocycles. The smallest absolute Gasteiger partial charge is 0.354 e. The zero-order chi connectivity index (χ0) is 13.4. The normalized spacial score (nSPS) is 10.3. The maximum Gasteiger partial charge on any atom is 0.354 e. The predicted molar refractivity (Wildman–Crippen MR) is 84.5 cm³/mol. The lowest BCUT2D eigenvalue weighted by Gasteiger charge is -2.03. The van der Waals surface area contributed by atoms with Crippen molar-refractivity contribution in [2.75, 3.05) is 6.54 Å². The Hall–Kier alpha value is -1.83. The van der Waals surface area contributed by atoms with E-state index in [1.54, 1.807) is 23.0 Å². The van der Waals surface area contributed by atoms with E-state index >= 15 is 0 Å². The van der Waals surface area contributed by atoms with Gasteiger partial charge < -0.3 is 10.8 Å². The summed E-state index contributed by atoms with van der Waals surface area (Å²) >= 11 is 0. The molecule has 2 heterocycles. The largest absolute Gasteiger partial charge is 0.477 e. The zero-order valence-electron chi connectivity index (χ0n) is 10.9. The van der Waals surface area contributed by atoms with Crippen LogP contribution in [-0.2, 0) is 6.54 Å². The molecule has 0 unspecified atom stereocenters. The summed E-state index contributed by atoms with van der Waals surface area (Å²) in [6.07, 6.45) is 2.34. The molecule has 0 saturated heterocycles. The monoisotopic (exact) mass is 331 g/mol. The number of carbonyl (C=O) groups is 1. The van der Waals surface area contributed by atoms with Crippen LogP contribution in [0.25, 0.3) is 21.8 Å². The van der Waals surface area contributed by atoms with E-state index in [0.29, 0.717) is 24.9 Å². The molecule has 0 radical (unpaired) electrons. The van der Waals surface area contributed by atoms with Gasteiger partial charge in [-0.05, 0) is 25.1 Å². The quantitative estimate of drug-likeness (QED) is 0.675. The minimum atomic E-state index is -0.963. The van der Waals surface area contributed by atoms with E-state index in [0.717, 1.165) is 16.4 Å². The molecule has 2 aromatic heterocycles. The van der Waals surface area contributed by atoms with Crippen LogP contribution in [0.4, 0.5) is 0 Å². The van der Waals surface area contributed by atoms with Gasteiger partial charge in [0, 0.05) is 17.3 Å². The highest BCUT2D eigenvalue weighted by Crippen LogP contribution is 2.26. The molecule has 3 aromatic rings. The minimum Gasteiger partial charge on any atom is -0.477 e. The standard InChI is InChI=1S/C12H13N5O2.2ClH/c13-4-1-5-17-11(12(18)19)7-2-3-9-8(6-14-15-9)10(7)16-17;;/h2-3,6,16H,1,4-5,13H2,(H,18,19);2*1H. The van der Waals surface area contributed by atoms with Gasteiger partial charge in [-0.25, -0.2) is 4.79 Å². The number of fused-ring (bicyclic) bond motifs is 3. The molecule has 21 heavy (non-hydrogen) atoms. The number of hydrogen-bond acceptors (Lipinski definition) is 4. The van der Waals surface area contributed by atoms with Gasteiger partial charge in [0.25, 0.3) is 0 Å². The van der Waals surface area contributed by atoms with Crippen molar-refractivity contribution in [2.24, 2.45) is 5.73 Å². The van der Waals surface area contributed by atoms with Crippen LogP contribution in [0, 0.1) is 0 Å². The minimum absolute atomic E-state index is 0. The van der Waals surface area contributed by atoms with E-state index < -0.39 is 5.97 Å². The predicted octanol–water partition coefficient (Wildman–Crippen LogP) is 1.80. The highest BCUT2D eigenvalue weighted by atomic mass is 35.5. The van der Waals surface area contributed by atoms with Crippen molar-refractivity contribution in [2.45, 2.75) is 13.0 Å². The fourth-order valence-corrected chi connectivity index (χ4v) is 2.28. The molecule has 0 fully saturated rings. The Morgan fingerprint density at radius 3 is 2.76 bits per heavy atom. The molecule has 9 heteroatoms. The van der Waals surface area contributed by atoms with Crippen LogP contribution in [0.1, 0.15) is 16.9 Å². The Kier molecular flexibility index (Phi) is 5.54. The van der Waals surface area contributed by atoms with Crippen molar-refractivity contribution in [3.63, 3.8) is 0 Å². The molecule has 0 aliphatic carbocycles. The van der Waals surface area contributed by atoms with Gasteiger partial charge in [-0.3, -0.25) is 9.78 Å². The van der Waals surface area contributed by atoms with Crippen molar-refractivity contribution in [1.82, 2.24) is 20.0 Å². The summed E-state index contributed by atoms with van der Waals surface area (Å²) in [4.78, 5) is 11.4. The van der Waals surface area contributed by atoms with Crippen LogP contribution in [0.3, 0.4) is 0 Å². The first-order valence-electron chi connectivity index (χ1n) is 5.98. The third kappa shape index (κ3) is 2.80. The number of benzene rings is 1. The fourth-order valence-electron chi connectivity index (χ4n) is 2.28. The van der Waals surface area contributed by atoms with Crippen LogP contribution >= 0.6 is 24.8 Å². The van der Waals surface area contributed by atoms with Crippen LogP contribution in [0.2, 0.25) is 0 Å². The molecular formula is C12H15Cl2N5O2. The number of nitrogens with two attached hydrogens (primary N) is 1. The maximum atomic E-state index is 11.4. The first kappa shape index (κ1) is 17.2. The Labute approximate surface area is 132 Å². The van der Waals surface area contributed by atoms with Gasteiger partial charge in [-0.2, -0.15) is 10.2 Å². The van der Waals surface area contributed by atoms with Gasteiger partial charge in [0.1, 0.15) is 0 Å². The van der Waals surface area contributed by atoms with E-state index in [2.05, 4.69) is 15.3 Å². The zero-order valence-corrected chi connectivity index (χ0v) is 12.6. The number of rotatable bonds is 4. The van der Waals surface area contributed by atoms with Crippen molar-refractivity contribution in [1.29, 1.82) is 0 Å². The number of hydrogen-bond donors (Lipinski definition) is 3. The number of aryl methyl sites for hydroxylation is 1. The van der Waals surface area contributed by atoms with Crippen LogP contribution in [-0.4, -0.2) is 37.6 Å². The summed E-state index contributed by atoms with van der Waals surface area (Å²) in [5.74, 6) is -0.963. The maximum absolute atomic E-state index is 11.4. The van der Waals surface area contributed by atoms with E-state index in [9.17, 15) is 9.90 Å². The lowest BCUT2D eigenvalue weighted by Crippen LogP contribution is -2.13. The Morgan fingerprint density at radius 2 is 2.10 bits per heavy atom. The van der Waals surface area contributed by atoms with Crippen LogP contribution in [0.5, 0.6) is 0 Å². The molecule has 7 nitrogen and oxygen atoms in total. The summed E-state index contributed by atoms with van der Waals surface area (Å²) in [5, 5.41) is 21.8. The van der Waals surface area contributed by atoms with Crippen LogP contribution < -0.4 is 5.73 Å². The van der Waals surface area contributed by atoms with Gasteiger partial charge in [-0.1, -0.05) is 0 Å². The first-order valence-corrected chi connectivity index (χ1v) is 5.98. The Morgan fingerprint density at radius 1 is 1.33 bits per heavy atom.